The first kappa shape index (κ1) is 14.1. The molecule has 1 fully saturated rings. The monoisotopic (exact) mass is 292 g/mol. The highest BCUT2D eigenvalue weighted by atomic mass is 32.1. The van der Waals surface area contributed by atoms with E-state index in [1.165, 1.54) is 36.1 Å². The molecule has 1 unspecified atom stereocenters. The van der Waals surface area contributed by atoms with E-state index in [2.05, 4.69) is 28.2 Å². The number of nitrogens with zero attached hydrogens (tertiary/aromatic N) is 2. The molecule has 0 N–H and O–H groups in total. The zero-order valence-corrected chi connectivity index (χ0v) is 13.1. The second-order valence-corrected chi connectivity index (χ2v) is 7.01. The Morgan fingerprint density at radius 1 is 1.20 bits per heavy atom. The maximum absolute atomic E-state index is 12.7. The molecule has 0 saturated carbocycles. The van der Waals surface area contributed by atoms with E-state index in [0.717, 1.165) is 32.6 Å². The van der Waals surface area contributed by atoms with Gasteiger partial charge in [0.2, 0.25) is 5.91 Å². The average Bonchev–Trinajstić information content (AvgIpc) is 2.77. The third kappa shape index (κ3) is 2.91. The highest BCUT2D eigenvalue weighted by molar-refractivity contribution is 7.10. The summed E-state index contributed by atoms with van der Waals surface area (Å²) >= 11 is 1.83. The van der Waals surface area contributed by atoms with Gasteiger partial charge in [-0.15, -0.1) is 11.3 Å². The van der Waals surface area contributed by atoms with Crippen molar-refractivity contribution >= 4 is 17.2 Å². The first-order chi connectivity index (χ1) is 9.75. The van der Waals surface area contributed by atoms with Gasteiger partial charge in [0.15, 0.2) is 0 Å². The Kier molecular flexibility index (Phi) is 4.41. The van der Waals surface area contributed by atoms with Gasteiger partial charge in [-0.05, 0) is 56.3 Å². The lowest BCUT2D eigenvalue weighted by atomic mass is 10.1. The van der Waals surface area contributed by atoms with Crippen molar-refractivity contribution in [2.24, 2.45) is 0 Å². The Labute approximate surface area is 125 Å². The van der Waals surface area contributed by atoms with Gasteiger partial charge in [0.05, 0.1) is 6.04 Å². The van der Waals surface area contributed by atoms with E-state index in [1.807, 2.05) is 11.3 Å². The summed E-state index contributed by atoms with van der Waals surface area (Å²) in [6, 6.07) is 2.23. The van der Waals surface area contributed by atoms with E-state index in [-0.39, 0.29) is 6.04 Å². The maximum Gasteiger partial charge on any atom is 0.239 e. The Morgan fingerprint density at radius 2 is 1.95 bits per heavy atom. The van der Waals surface area contributed by atoms with Crippen molar-refractivity contribution in [3.8, 4) is 0 Å². The van der Waals surface area contributed by atoms with Crippen LogP contribution >= 0.6 is 11.3 Å². The number of likely N-dealkylation sites (tertiary alicyclic amines) is 1. The summed E-state index contributed by atoms with van der Waals surface area (Å²) in [7, 11) is 0. The van der Waals surface area contributed by atoms with Gasteiger partial charge in [0, 0.05) is 18.0 Å². The topological polar surface area (TPSA) is 23.6 Å². The molecular formula is C16H24N2OS. The molecule has 0 aromatic carbocycles. The number of fused-ring (bicyclic) bond motifs is 1. The number of thiophene rings is 1. The summed E-state index contributed by atoms with van der Waals surface area (Å²) in [5, 5.41) is 2.15. The molecule has 2 aliphatic heterocycles. The van der Waals surface area contributed by atoms with Crippen molar-refractivity contribution < 1.29 is 4.79 Å². The van der Waals surface area contributed by atoms with Crippen molar-refractivity contribution in [1.82, 2.24) is 9.80 Å². The largest absolute Gasteiger partial charge is 0.337 e. The molecule has 3 nitrogen and oxygen atoms in total. The molecule has 1 atom stereocenters. The van der Waals surface area contributed by atoms with Crippen LogP contribution in [0.15, 0.2) is 11.4 Å². The van der Waals surface area contributed by atoms with Crippen molar-refractivity contribution in [2.75, 3.05) is 19.6 Å². The molecule has 110 valence electrons. The lowest BCUT2D eigenvalue weighted by molar-refractivity contribution is -0.137. The molecule has 1 saturated heterocycles. The fraction of sp³-hybridized carbons (Fsp3) is 0.688. The Hall–Kier alpha value is -0.870. The molecule has 0 spiro atoms. The van der Waals surface area contributed by atoms with Crippen LogP contribution in [-0.4, -0.2) is 41.4 Å². The van der Waals surface area contributed by atoms with Crippen molar-refractivity contribution in [3.63, 3.8) is 0 Å². The summed E-state index contributed by atoms with van der Waals surface area (Å²) in [4.78, 5) is 18.6. The molecule has 1 aromatic heterocycles. The highest BCUT2D eigenvalue weighted by Gasteiger charge is 2.28. The third-order valence-electron chi connectivity index (χ3n) is 4.67. The van der Waals surface area contributed by atoms with Crippen LogP contribution in [0.1, 0.15) is 43.0 Å². The molecule has 0 bridgehead atoms. The molecule has 0 radical (unpaired) electrons. The molecular weight excluding hydrogens is 268 g/mol. The molecule has 4 heteroatoms. The predicted octanol–water partition coefficient (Wildman–Crippen LogP) is 2.90. The second kappa shape index (κ2) is 6.27. The zero-order valence-electron chi connectivity index (χ0n) is 12.3. The normalized spacial score (nSPS) is 22.1. The van der Waals surface area contributed by atoms with E-state index in [1.54, 1.807) is 0 Å². The molecule has 1 aromatic rings. The van der Waals surface area contributed by atoms with E-state index < -0.39 is 0 Å². The molecule has 20 heavy (non-hydrogen) atoms. The third-order valence-corrected chi connectivity index (χ3v) is 5.69. The van der Waals surface area contributed by atoms with Crippen molar-refractivity contribution in [2.45, 2.75) is 51.6 Å². The first-order valence-electron chi connectivity index (χ1n) is 7.84. The zero-order chi connectivity index (χ0) is 13.9. The van der Waals surface area contributed by atoms with E-state index in [9.17, 15) is 4.79 Å². The lowest BCUT2D eigenvalue weighted by Gasteiger charge is -2.34. The number of carbonyl (C=O) groups excluding carboxylic acids is 1. The molecule has 3 rings (SSSR count). The fourth-order valence-electron chi connectivity index (χ4n) is 3.34. The summed E-state index contributed by atoms with van der Waals surface area (Å²) in [5.74, 6) is 0.323. The minimum atomic E-state index is 0.0493. The van der Waals surface area contributed by atoms with Crippen LogP contribution in [0.2, 0.25) is 0 Å². The first-order valence-corrected chi connectivity index (χ1v) is 8.72. The fourth-order valence-corrected chi connectivity index (χ4v) is 4.23. The van der Waals surface area contributed by atoms with E-state index in [4.69, 9.17) is 0 Å². The van der Waals surface area contributed by atoms with Crippen LogP contribution < -0.4 is 0 Å². The van der Waals surface area contributed by atoms with Crippen LogP contribution in [0, 0.1) is 0 Å². The minimum absolute atomic E-state index is 0.0493. The van der Waals surface area contributed by atoms with Crippen LogP contribution in [0.4, 0.5) is 0 Å². The molecule has 2 aliphatic rings. The number of amides is 1. The lowest BCUT2D eigenvalue weighted by Crippen LogP contribution is -2.48. The summed E-state index contributed by atoms with van der Waals surface area (Å²) < 4.78 is 0. The SMILES string of the molecule is CC(C(=O)N1CCc2sccc2C1)N1CCCCCC1. The second-order valence-electron chi connectivity index (χ2n) is 6.00. The van der Waals surface area contributed by atoms with Crippen molar-refractivity contribution in [3.05, 3.63) is 21.9 Å². The van der Waals surface area contributed by atoms with Gasteiger partial charge < -0.3 is 4.90 Å². The summed E-state index contributed by atoms with van der Waals surface area (Å²) in [6.07, 6.45) is 6.16. The van der Waals surface area contributed by atoms with E-state index in [0.29, 0.717) is 5.91 Å². The number of hydrogen-bond donors (Lipinski definition) is 0. The van der Waals surface area contributed by atoms with Gasteiger partial charge in [0.1, 0.15) is 0 Å². The smallest absolute Gasteiger partial charge is 0.239 e. The standard InChI is InChI=1S/C16H24N2OS/c1-13(17-8-4-2-3-5-9-17)16(19)18-10-6-15-14(12-18)7-11-20-15/h7,11,13H,2-6,8-10,12H2,1H3. The average molecular weight is 292 g/mol. The van der Waals surface area contributed by atoms with Gasteiger partial charge in [0.25, 0.3) is 0 Å². The predicted molar refractivity (Wildman–Crippen MR) is 82.9 cm³/mol. The minimum Gasteiger partial charge on any atom is -0.337 e. The molecule has 3 heterocycles. The maximum atomic E-state index is 12.7. The van der Waals surface area contributed by atoms with Gasteiger partial charge in [-0.1, -0.05) is 12.8 Å². The quantitative estimate of drug-likeness (QED) is 0.837. The van der Waals surface area contributed by atoms with Gasteiger partial charge in [-0.2, -0.15) is 0 Å². The highest BCUT2D eigenvalue weighted by Crippen LogP contribution is 2.25. The number of rotatable bonds is 2. The van der Waals surface area contributed by atoms with Gasteiger partial charge in [-0.25, -0.2) is 0 Å². The summed E-state index contributed by atoms with van der Waals surface area (Å²) in [6.45, 7) is 5.98. The molecule has 0 aliphatic carbocycles. The number of hydrogen-bond acceptors (Lipinski definition) is 3. The van der Waals surface area contributed by atoms with Crippen LogP contribution in [0.3, 0.4) is 0 Å². The Morgan fingerprint density at radius 3 is 2.70 bits per heavy atom. The Balaban J connectivity index is 1.63. The van der Waals surface area contributed by atoms with Crippen molar-refractivity contribution in [1.29, 1.82) is 0 Å². The van der Waals surface area contributed by atoms with Crippen LogP contribution in [0.25, 0.3) is 0 Å². The van der Waals surface area contributed by atoms with Gasteiger partial charge >= 0.3 is 0 Å². The van der Waals surface area contributed by atoms with E-state index >= 15 is 0 Å². The van der Waals surface area contributed by atoms with Gasteiger partial charge in [-0.3, -0.25) is 9.69 Å². The van der Waals surface area contributed by atoms with Crippen LogP contribution in [0.5, 0.6) is 0 Å². The molecule has 1 amide bonds. The summed E-state index contributed by atoms with van der Waals surface area (Å²) in [5.41, 5.74) is 1.36. The number of carbonyl (C=O) groups is 1. The van der Waals surface area contributed by atoms with Crippen LogP contribution in [-0.2, 0) is 17.8 Å². The Bertz CT molecular complexity index is 463.